The molecule has 0 bridgehead atoms. The van der Waals surface area contributed by atoms with E-state index in [0.29, 0.717) is 11.1 Å². The third-order valence-corrected chi connectivity index (χ3v) is 3.79. The van der Waals surface area contributed by atoms with Crippen molar-refractivity contribution in [1.82, 2.24) is 0 Å². The molecule has 0 aromatic heterocycles. The zero-order valence-corrected chi connectivity index (χ0v) is 11.9. The van der Waals surface area contributed by atoms with Crippen molar-refractivity contribution < 1.29 is 9.72 Å². The largest absolute Gasteiger partial charge is 0.295 e. The fourth-order valence-electron chi connectivity index (χ4n) is 2.00. The van der Waals surface area contributed by atoms with Crippen LogP contribution in [0.25, 0.3) is 11.1 Å². The summed E-state index contributed by atoms with van der Waals surface area (Å²) in [5.41, 5.74) is 1.74. The molecule has 0 radical (unpaired) electrons. The van der Waals surface area contributed by atoms with Gasteiger partial charge < -0.3 is 0 Å². The summed E-state index contributed by atoms with van der Waals surface area (Å²) in [5, 5.41) is 11.2. The number of rotatable bonds is 4. The summed E-state index contributed by atoms with van der Waals surface area (Å²) < 4.78 is 0. The Morgan fingerprint density at radius 1 is 1.15 bits per heavy atom. The topological polar surface area (TPSA) is 60.2 Å². The highest BCUT2D eigenvalue weighted by Crippen LogP contribution is 2.36. The Morgan fingerprint density at radius 3 is 2.45 bits per heavy atom. The lowest BCUT2D eigenvalue weighted by Crippen LogP contribution is -1.97. The van der Waals surface area contributed by atoms with Gasteiger partial charge in [-0.05, 0) is 31.4 Å². The SMILES string of the molecule is CSc1ccccc1-c1cc(C(C)=O)ccc1[N+](=O)[O-]. The summed E-state index contributed by atoms with van der Waals surface area (Å²) in [7, 11) is 0. The van der Waals surface area contributed by atoms with Gasteiger partial charge in [0.2, 0.25) is 0 Å². The molecule has 5 heteroatoms. The van der Waals surface area contributed by atoms with Gasteiger partial charge in [-0.3, -0.25) is 14.9 Å². The molecule has 2 rings (SSSR count). The molecule has 102 valence electrons. The molecular formula is C15H13NO3S. The molecule has 0 aliphatic rings. The van der Waals surface area contributed by atoms with Gasteiger partial charge in [0.1, 0.15) is 0 Å². The standard InChI is InChI=1S/C15H13NO3S/c1-10(17)11-7-8-14(16(18)19)13(9-11)12-5-3-4-6-15(12)20-2/h3-9H,1-2H3. The van der Waals surface area contributed by atoms with Gasteiger partial charge in [0.05, 0.1) is 10.5 Å². The third kappa shape index (κ3) is 2.72. The van der Waals surface area contributed by atoms with Gasteiger partial charge in [-0.15, -0.1) is 11.8 Å². The highest BCUT2D eigenvalue weighted by atomic mass is 32.2. The summed E-state index contributed by atoms with van der Waals surface area (Å²) >= 11 is 1.52. The Bertz CT molecular complexity index is 683. The minimum atomic E-state index is -0.420. The van der Waals surface area contributed by atoms with Crippen molar-refractivity contribution in [2.24, 2.45) is 0 Å². The predicted octanol–water partition coefficient (Wildman–Crippen LogP) is 4.19. The van der Waals surface area contributed by atoms with E-state index in [4.69, 9.17) is 0 Å². The summed E-state index contributed by atoms with van der Waals surface area (Å²) in [4.78, 5) is 23.2. The van der Waals surface area contributed by atoms with Crippen LogP contribution in [0.3, 0.4) is 0 Å². The van der Waals surface area contributed by atoms with E-state index in [9.17, 15) is 14.9 Å². The van der Waals surface area contributed by atoms with E-state index in [1.807, 2.05) is 30.5 Å². The van der Waals surface area contributed by atoms with Crippen LogP contribution in [0.1, 0.15) is 17.3 Å². The second kappa shape index (κ2) is 5.88. The predicted molar refractivity (Wildman–Crippen MR) is 80.3 cm³/mol. The van der Waals surface area contributed by atoms with E-state index in [0.717, 1.165) is 10.5 Å². The highest BCUT2D eigenvalue weighted by molar-refractivity contribution is 7.98. The summed E-state index contributed by atoms with van der Waals surface area (Å²) in [6.45, 7) is 1.45. The monoisotopic (exact) mass is 287 g/mol. The molecule has 0 aliphatic heterocycles. The molecule has 0 saturated heterocycles. The molecule has 0 amide bonds. The number of nitro benzene ring substituents is 1. The Hall–Kier alpha value is -2.14. The van der Waals surface area contributed by atoms with Gasteiger partial charge >= 0.3 is 0 Å². The number of Topliss-reactive ketones (excluding diaryl/α,β-unsaturated/α-hetero) is 1. The molecule has 0 atom stereocenters. The zero-order valence-electron chi connectivity index (χ0n) is 11.1. The number of hydrogen-bond acceptors (Lipinski definition) is 4. The Balaban J connectivity index is 2.72. The average molecular weight is 287 g/mol. The smallest absolute Gasteiger partial charge is 0.277 e. The van der Waals surface area contributed by atoms with Crippen molar-refractivity contribution in [2.75, 3.05) is 6.26 Å². The highest BCUT2D eigenvalue weighted by Gasteiger charge is 2.18. The van der Waals surface area contributed by atoms with Crippen LogP contribution in [0.5, 0.6) is 0 Å². The first-order valence-corrected chi connectivity index (χ1v) is 7.20. The van der Waals surface area contributed by atoms with Gasteiger partial charge in [-0.1, -0.05) is 18.2 Å². The van der Waals surface area contributed by atoms with Crippen molar-refractivity contribution in [1.29, 1.82) is 0 Å². The van der Waals surface area contributed by atoms with Crippen LogP contribution < -0.4 is 0 Å². The van der Waals surface area contributed by atoms with E-state index >= 15 is 0 Å². The van der Waals surface area contributed by atoms with Gasteiger partial charge in [0, 0.05) is 22.1 Å². The molecule has 0 saturated carbocycles. The first kappa shape index (κ1) is 14.3. The summed E-state index contributed by atoms with van der Waals surface area (Å²) in [6.07, 6.45) is 1.92. The molecule has 0 aliphatic carbocycles. The second-order valence-electron chi connectivity index (χ2n) is 4.25. The van der Waals surface area contributed by atoms with E-state index in [1.54, 1.807) is 6.07 Å². The van der Waals surface area contributed by atoms with Gasteiger partial charge in [-0.2, -0.15) is 0 Å². The minimum Gasteiger partial charge on any atom is -0.295 e. The molecule has 4 nitrogen and oxygen atoms in total. The molecule has 0 N–H and O–H groups in total. The van der Waals surface area contributed by atoms with E-state index in [-0.39, 0.29) is 11.5 Å². The van der Waals surface area contributed by atoms with Crippen molar-refractivity contribution >= 4 is 23.2 Å². The molecule has 0 fully saturated rings. The first-order chi connectivity index (χ1) is 9.54. The van der Waals surface area contributed by atoms with Crippen LogP contribution in [0, 0.1) is 10.1 Å². The molecule has 2 aromatic rings. The second-order valence-corrected chi connectivity index (χ2v) is 5.09. The maximum absolute atomic E-state index is 11.5. The van der Waals surface area contributed by atoms with Crippen molar-refractivity contribution in [2.45, 2.75) is 11.8 Å². The van der Waals surface area contributed by atoms with Crippen molar-refractivity contribution in [3.8, 4) is 11.1 Å². The van der Waals surface area contributed by atoms with Crippen molar-refractivity contribution in [3.63, 3.8) is 0 Å². The van der Waals surface area contributed by atoms with E-state index < -0.39 is 4.92 Å². The molecular weight excluding hydrogens is 274 g/mol. The number of carbonyl (C=O) groups excluding carboxylic acids is 1. The molecule has 0 heterocycles. The lowest BCUT2D eigenvalue weighted by molar-refractivity contribution is -0.384. The molecule has 20 heavy (non-hydrogen) atoms. The van der Waals surface area contributed by atoms with E-state index in [2.05, 4.69) is 0 Å². The average Bonchev–Trinajstić information content (AvgIpc) is 2.46. The normalized spacial score (nSPS) is 10.3. The van der Waals surface area contributed by atoms with Crippen LogP contribution in [0.15, 0.2) is 47.4 Å². The van der Waals surface area contributed by atoms with Crippen molar-refractivity contribution in [3.05, 3.63) is 58.1 Å². The number of ketones is 1. The first-order valence-electron chi connectivity index (χ1n) is 5.97. The lowest BCUT2D eigenvalue weighted by Gasteiger charge is -2.09. The quantitative estimate of drug-likeness (QED) is 0.366. The van der Waals surface area contributed by atoms with Crippen LogP contribution in [0.4, 0.5) is 5.69 Å². The number of nitro groups is 1. The van der Waals surface area contributed by atoms with Crippen LogP contribution in [-0.2, 0) is 0 Å². The number of hydrogen-bond donors (Lipinski definition) is 0. The molecule has 2 aromatic carbocycles. The number of carbonyl (C=O) groups is 1. The fourth-order valence-corrected chi connectivity index (χ4v) is 2.61. The van der Waals surface area contributed by atoms with Crippen LogP contribution >= 0.6 is 11.8 Å². The fraction of sp³-hybridized carbons (Fsp3) is 0.133. The molecule has 0 unspecified atom stereocenters. The Labute approximate surface area is 121 Å². The number of nitrogens with zero attached hydrogens (tertiary/aromatic N) is 1. The Morgan fingerprint density at radius 2 is 1.85 bits per heavy atom. The molecule has 0 spiro atoms. The third-order valence-electron chi connectivity index (χ3n) is 3.00. The van der Waals surface area contributed by atoms with Gasteiger partial charge in [0.15, 0.2) is 5.78 Å². The number of benzene rings is 2. The van der Waals surface area contributed by atoms with Crippen LogP contribution in [0.2, 0.25) is 0 Å². The van der Waals surface area contributed by atoms with Crippen LogP contribution in [-0.4, -0.2) is 17.0 Å². The van der Waals surface area contributed by atoms with Gasteiger partial charge in [-0.25, -0.2) is 0 Å². The summed E-state index contributed by atoms with van der Waals surface area (Å²) in [5.74, 6) is -0.109. The maximum Gasteiger partial charge on any atom is 0.277 e. The zero-order chi connectivity index (χ0) is 14.7. The lowest BCUT2D eigenvalue weighted by atomic mass is 9.99. The minimum absolute atomic E-state index is 0.0106. The summed E-state index contributed by atoms with van der Waals surface area (Å²) in [6, 6.07) is 11.9. The number of thioether (sulfide) groups is 1. The maximum atomic E-state index is 11.5. The Kier molecular flexibility index (Phi) is 4.20. The van der Waals surface area contributed by atoms with E-state index in [1.165, 1.54) is 30.8 Å². The van der Waals surface area contributed by atoms with Gasteiger partial charge in [0.25, 0.3) is 5.69 Å².